The summed E-state index contributed by atoms with van der Waals surface area (Å²) >= 11 is 13.2. The Morgan fingerprint density at radius 1 is 0.833 bits per heavy atom. The molecular formula is C36H39Cl2N3O6S. The second-order valence-corrected chi connectivity index (χ2v) is 13.8. The number of methoxy groups -OCH3 is 2. The van der Waals surface area contributed by atoms with E-state index in [2.05, 4.69) is 5.32 Å². The Labute approximate surface area is 292 Å². The van der Waals surface area contributed by atoms with Crippen LogP contribution >= 0.6 is 23.2 Å². The molecule has 254 valence electrons. The van der Waals surface area contributed by atoms with Crippen molar-refractivity contribution in [3.8, 4) is 11.5 Å². The summed E-state index contributed by atoms with van der Waals surface area (Å²) in [6.45, 7) is 3.00. The van der Waals surface area contributed by atoms with E-state index in [0.717, 1.165) is 9.87 Å². The predicted octanol–water partition coefficient (Wildman–Crippen LogP) is 6.76. The molecule has 0 heterocycles. The second kappa shape index (κ2) is 16.7. The number of amides is 2. The smallest absolute Gasteiger partial charge is 0.264 e. The van der Waals surface area contributed by atoms with Crippen LogP contribution in [0.5, 0.6) is 11.5 Å². The number of carbonyl (C=O) groups is 2. The molecule has 0 saturated carbocycles. The second-order valence-electron chi connectivity index (χ2n) is 11.1. The highest BCUT2D eigenvalue weighted by Gasteiger charge is 2.35. The minimum atomic E-state index is -4.31. The minimum absolute atomic E-state index is 0.0244. The zero-order chi connectivity index (χ0) is 34.8. The number of carbonyl (C=O) groups excluding carboxylic acids is 2. The number of ether oxygens (including phenoxy) is 2. The monoisotopic (exact) mass is 711 g/mol. The first kappa shape index (κ1) is 36.6. The van der Waals surface area contributed by atoms with Crippen LogP contribution in [0.1, 0.15) is 31.4 Å². The van der Waals surface area contributed by atoms with Gasteiger partial charge in [-0.3, -0.25) is 13.9 Å². The Bertz CT molecular complexity index is 1790. The lowest BCUT2D eigenvalue weighted by Gasteiger charge is -2.34. The molecule has 1 N–H and O–H groups in total. The fraction of sp³-hybridized carbons (Fsp3) is 0.278. The normalized spacial score (nSPS) is 12.5. The number of hydrogen-bond donors (Lipinski definition) is 1. The van der Waals surface area contributed by atoms with Gasteiger partial charge < -0.3 is 19.7 Å². The highest BCUT2D eigenvalue weighted by Crippen LogP contribution is 2.34. The third-order valence-electron chi connectivity index (χ3n) is 7.93. The van der Waals surface area contributed by atoms with Gasteiger partial charge in [0.2, 0.25) is 11.8 Å². The Morgan fingerprint density at radius 2 is 1.44 bits per heavy atom. The molecule has 0 unspecified atom stereocenters. The lowest BCUT2D eigenvalue weighted by molar-refractivity contribution is -0.140. The van der Waals surface area contributed by atoms with Gasteiger partial charge in [0.05, 0.1) is 24.8 Å². The van der Waals surface area contributed by atoms with Gasteiger partial charge in [-0.15, -0.1) is 0 Å². The summed E-state index contributed by atoms with van der Waals surface area (Å²) in [5.74, 6) is -0.400. The lowest BCUT2D eigenvalue weighted by atomic mass is 10.0. The zero-order valence-corrected chi connectivity index (χ0v) is 29.6. The van der Waals surface area contributed by atoms with Crippen LogP contribution < -0.4 is 19.1 Å². The van der Waals surface area contributed by atoms with Crippen LogP contribution in [0.3, 0.4) is 0 Å². The minimum Gasteiger partial charge on any atom is -0.493 e. The lowest BCUT2D eigenvalue weighted by Crippen LogP contribution is -2.54. The van der Waals surface area contributed by atoms with Crippen LogP contribution in [-0.2, 0) is 32.6 Å². The number of nitrogens with zero attached hydrogens (tertiary/aromatic N) is 2. The molecule has 9 nitrogen and oxygen atoms in total. The van der Waals surface area contributed by atoms with E-state index in [1.165, 1.54) is 43.4 Å². The zero-order valence-electron chi connectivity index (χ0n) is 27.2. The largest absolute Gasteiger partial charge is 0.493 e. The third kappa shape index (κ3) is 8.80. The molecule has 0 bridgehead atoms. The van der Waals surface area contributed by atoms with Crippen LogP contribution in [0.15, 0.2) is 102 Å². The van der Waals surface area contributed by atoms with E-state index in [1.54, 1.807) is 42.5 Å². The molecule has 12 heteroatoms. The topological polar surface area (TPSA) is 105 Å². The third-order valence-corrected chi connectivity index (χ3v) is 10.4. The van der Waals surface area contributed by atoms with Crippen molar-refractivity contribution in [2.45, 2.75) is 50.2 Å². The van der Waals surface area contributed by atoms with E-state index in [1.807, 2.05) is 44.2 Å². The Hall–Kier alpha value is -4.25. The van der Waals surface area contributed by atoms with Gasteiger partial charge in [0, 0.05) is 40.7 Å². The van der Waals surface area contributed by atoms with Gasteiger partial charge in [0.15, 0.2) is 11.5 Å². The standard InChI is InChI=1S/C36H39Cl2N3O6S/c1-5-25(2)39-36(43)32(21-26-13-8-6-9-14-26)40(23-29-30(37)17-12-18-31(29)38)35(42)24-41(48(44,45)28-15-10-7-11-16-28)27-19-20-33(46-3)34(22-27)47-4/h6-20,22,25,32H,5,21,23-24H2,1-4H3,(H,39,43)/t25-,32+/m1/s1. The molecule has 0 aliphatic heterocycles. The van der Waals surface area contributed by atoms with Crippen LogP contribution in [0.2, 0.25) is 10.0 Å². The van der Waals surface area contributed by atoms with Gasteiger partial charge in [-0.1, -0.05) is 84.7 Å². The fourth-order valence-electron chi connectivity index (χ4n) is 5.08. The van der Waals surface area contributed by atoms with E-state index >= 15 is 0 Å². The van der Waals surface area contributed by atoms with Gasteiger partial charge in [0.25, 0.3) is 10.0 Å². The van der Waals surface area contributed by atoms with Crippen molar-refractivity contribution >= 4 is 50.7 Å². The molecular weight excluding hydrogens is 673 g/mol. The molecule has 2 amide bonds. The first-order chi connectivity index (χ1) is 23.0. The van der Waals surface area contributed by atoms with Crippen molar-refractivity contribution in [1.82, 2.24) is 10.2 Å². The number of benzene rings is 4. The van der Waals surface area contributed by atoms with Crippen molar-refractivity contribution in [3.63, 3.8) is 0 Å². The van der Waals surface area contributed by atoms with Crippen LogP contribution in [-0.4, -0.2) is 58.0 Å². The van der Waals surface area contributed by atoms with Gasteiger partial charge >= 0.3 is 0 Å². The van der Waals surface area contributed by atoms with Crippen LogP contribution in [0.25, 0.3) is 0 Å². The molecule has 0 aliphatic carbocycles. The maximum Gasteiger partial charge on any atom is 0.264 e. The Balaban J connectivity index is 1.87. The number of hydrogen-bond acceptors (Lipinski definition) is 6. The average Bonchev–Trinajstić information content (AvgIpc) is 3.10. The predicted molar refractivity (Wildman–Crippen MR) is 189 cm³/mol. The van der Waals surface area contributed by atoms with Crippen LogP contribution in [0, 0.1) is 0 Å². The van der Waals surface area contributed by atoms with Gasteiger partial charge in [-0.25, -0.2) is 8.42 Å². The first-order valence-electron chi connectivity index (χ1n) is 15.4. The molecule has 4 aromatic carbocycles. The van der Waals surface area contributed by atoms with Crippen molar-refractivity contribution in [3.05, 3.63) is 118 Å². The SMILES string of the molecule is CC[C@@H](C)NC(=O)[C@H](Cc1ccccc1)N(Cc1c(Cl)cccc1Cl)C(=O)CN(c1ccc(OC)c(OC)c1)S(=O)(=O)c1ccccc1. The molecule has 4 rings (SSSR count). The molecule has 2 atom stereocenters. The summed E-state index contributed by atoms with van der Waals surface area (Å²) in [7, 11) is -1.41. The molecule has 0 saturated heterocycles. The Kier molecular flexibility index (Phi) is 12.7. The average molecular weight is 713 g/mol. The summed E-state index contributed by atoms with van der Waals surface area (Å²) in [4.78, 5) is 30.0. The van der Waals surface area contributed by atoms with E-state index < -0.39 is 34.4 Å². The van der Waals surface area contributed by atoms with E-state index in [-0.39, 0.29) is 35.3 Å². The van der Waals surface area contributed by atoms with Crippen molar-refractivity contribution in [1.29, 1.82) is 0 Å². The van der Waals surface area contributed by atoms with E-state index in [0.29, 0.717) is 27.8 Å². The van der Waals surface area contributed by atoms with Gasteiger partial charge in [0.1, 0.15) is 12.6 Å². The Morgan fingerprint density at radius 3 is 2.02 bits per heavy atom. The highest BCUT2D eigenvalue weighted by molar-refractivity contribution is 7.92. The summed E-state index contributed by atoms with van der Waals surface area (Å²) in [6, 6.07) is 25.4. The number of nitrogens with one attached hydrogen (secondary N) is 1. The molecule has 0 spiro atoms. The number of sulfonamides is 1. The first-order valence-corrected chi connectivity index (χ1v) is 17.6. The van der Waals surface area contributed by atoms with E-state index in [9.17, 15) is 18.0 Å². The molecule has 0 fully saturated rings. The molecule has 0 radical (unpaired) electrons. The summed E-state index contributed by atoms with van der Waals surface area (Å²) in [6.07, 6.45) is 0.815. The van der Waals surface area contributed by atoms with Gasteiger partial charge in [-0.05, 0) is 55.3 Å². The molecule has 48 heavy (non-hydrogen) atoms. The van der Waals surface area contributed by atoms with Crippen LogP contribution in [0.4, 0.5) is 5.69 Å². The number of anilines is 1. The summed E-state index contributed by atoms with van der Waals surface area (Å²) in [5.41, 5.74) is 1.38. The molecule has 4 aromatic rings. The maximum atomic E-state index is 14.7. The summed E-state index contributed by atoms with van der Waals surface area (Å²) in [5, 5.41) is 3.61. The number of rotatable bonds is 15. The number of halogens is 2. The highest BCUT2D eigenvalue weighted by atomic mass is 35.5. The van der Waals surface area contributed by atoms with Crippen molar-refractivity contribution in [2.75, 3.05) is 25.1 Å². The molecule has 0 aromatic heterocycles. The van der Waals surface area contributed by atoms with E-state index in [4.69, 9.17) is 32.7 Å². The van der Waals surface area contributed by atoms with Crippen molar-refractivity contribution < 1.29 is 27.5 Å². The van der Waals surface area contributed by atoms with Gasteiger partial charge in [-0.2, -0.15) is 0 Å². The maximum absolute atomic E-state index is 14.7. The quantitative estimate of drug-likeness (QED) is 0.146. The van der Waals surface area contributed by atoms with Crippen molar-refractivity contribution in [2.24, 2.45) is 0 Å². The molecule has 0 aliphatic rings. The summed E-state index contributed by atoms with van der Waals surface area (Å²) < 4.78 is 40.3. The fourth-order valence-corrected chi connectivity index (χ4v) is 7.02.